The van der Waals surface area contributed by atoms with Gasteiger partial charge >= 0.3 is 0 Å². The third kappa shape index (κ3) is 1.43. The highest BCUT2D eigenvalue weighted by Crippen LogP contribution is 2.31. The minimum absolute atomic E-state index is 0.178. The SMILES string of the molecule is C=C(C)COc1cccc2c1C(=O)C2. The maximum Gasteiger partial charge on any atom is 0.171 e. The second-order valence-electron chi connectivity index (χ2n) is 3.64. The first-order valence-corrected chi connectivity index (χ1v) is 4.61. The van der Waals surface area contributed by atoms with Crippen molar-refractivity contribution in [1.82, 2.24) is 0 Å². The van der Waals surface area contributed by atoms with Crippen molar-refractivity contribution in [2.75, 3.05) is 6.61 Å². The molecule has 14 heavy (non-hydrogen) atoms. The van der Waals surface area contributed by atoms with Gasteiger partial charge in [0.15, 0.2) is 5.78 Å². The fraction of sp³-hybridized carbons (Fsp3) is 0.250. The minimum Gasteiger partial charge on any atom is -0.489 e. The van der Waals surface area contributed by atoms with E-state index in [-0.39, 0.29) is 5.78 Å². The van der Waals surface area contributed by atoms with Gasteiger partial charge in [0, 0.05) is 6.42 Å². The van der Waals surface area contributed by atoms with Gasteiger partial charge in [0.05, 0.1) is 5.56 Å². The van der Waals surface area contributed by atoms with Crippen LogP contribution in [0.25, 0.3) is 0 Å². The molecule has 0 amide bonds. The molecule has 0 saturated carbocycles. The monoisotopic (exact) mass is 188 g/mol. The standard InChI is InChI=1S/C12H12O2/c1-8(2)7-14-11-5-3-4-9-6-10(13)12(9)11/h3-5H,1,6-7H2,2H3. The summed E-state index contributed by atoms with van der Waals surface area (Å²) in [6.07, 6.45) is 0.555. The number of hydrogen-bond donors (Lipinski definition) is 0. The van der Waals surface area contributed by atoms with Gasteiger partial charge in [-0.25, -0.2) is 0 Å². The van der Waals surface area contributed by atoms with Crippen LogP contribution in [0.4, 0.5) is 0 Å². The van der Waals surface area contributed by atoms with Crippen LogP contribution in [0.5, 0.6) is 5.75 Å². The van der Waals surface area contributed by atoms with Gasteiger partial charge in [0.25, 0.3) is 0 Å². The van der Waals surface area contributed by atoms with Crippen LogP contribution in [-0.4, -0.2) is 12.4 Å². The molecule has 1 aromatic carbocycles. The minimum atomic E-state index is 0.178. The summed E-state index contributed by atoms with van der Waals surface area (Å²) in [5, 5.41) is 0. The van der Waals surface area contributed by atoms with Crippen molar-refractivity contribution < 1.29 is 9.53 Å². The van der Waals surface area contributed by atoms with Crippen molar-refractivity contribution in [3.63, 3.8) is 0 Å². The van der Waals surface area contributed by atoms with Crippen LogP contribution in [-0.2, 0) is 6.42 Å². The molecule has 2 rings (SSSR count). The first-order valence-electron chi connectivity index (χ1n) is 4.61. The van der Waals surface area contributed by atoms with Crippen LogP contribution in [0.15, 0.2) is 30.4 Å². The summed E-state index contributed by atoms with van der Waals surface area (Å²) in [5.41, 5.74) is 2.80. The van der Waals surface area contributed by atoms with Gasteiger partial charge in [-0.15, -0.1) is 0 Å². The Hall–Kier alpha value is -1.57. The van der Waals surface area contributed by atoms with Crippen LogP contribution in [0.3, 0.4) is 0 Å². The molecule has 2 nitrogen and oxygen atoms in total. The Morgan fingerprint density at radius 1 is 1.57 bits per heavy atom. The third-order valence-corrected chi connectivity index (χ3v) is 2.22. The van der Waals surface area contributed by atoms with E-state index in [1.54, 1.807) is 0 Å². The summed E-state index contributed by atoms with van der Waals surface area (Å²) >= 11 is 0. The van der Waals surface area contributed by atoms with Crippen molar-refractivity contribution in [3.8, 4) is 5.75 Å². The number of rotatable bonds is 3. The molecule has 0 aliphatic heterocycles. The highest BCUT2D eigenvalue weighted by Gasteiger charge is 2.26. The van der Waals surface area contributed by atoms with E-state index < -0.39 is 0 Å². The lowest BCUT2D eigenvalue weighted by Gasteiger charge is -2.20. The number of fused-ring (bicyclic) bond motifs is 1. The van der Waals surface area contributed by atoms with E-state index in [0.717, 1.165) is 16.7 Å². The Morgan fingerprint density at radius 2 is 2.36 bits per heavy atom. The maximum absolute atomic E-state index is 11.3. The number of carbonyl (C=O) groups is 1. The summed E-state index contributed by atoms with van der Waals surface area (Å²) in [7, 11) is 0. The van der Waals surface area contributed by atoms with Crippen LogP contribution < -0.4 is 4.74 Å². The number of hydrogen-bond acceptors (Lipinski definition) is 2. The molecule has 0 atom stereocenters. The molecule has 0 spiro atoms. The summed E-state index contributed by atoms with van der Waals surface area (Å²) in [4.78, 5) is 11.3. The summed E-state index contributed by atoms with van der Waals surface area (Å²) in [5.74, 6) is 0.874. The Balaban J connectivity index is 2.22. The zero-order chi connectivity index (χ0) is 10.1. The average Bonchev–Trinajstić information content (AvgIpc) is 2.12. The van der Waals surface area contributed by atoms with Gasteiger partial charge in [-0.2, -0.15) is 0 Å². The van der Waals surface area contributed by atoms with Gasteiger partial charge in [0.1, 0.15) is 12.4 Å². The van der Waals surface area contributed by atoms with Gasteiger partial charge in [0.2, 0.25) is 0 Å². The Kier molecular flexibility index (Phi) is 2.12. The average molecular weight is 188 g/mol. The predicted octanol–water partition coefficient (Wildman–Crippen LogP) is 2.38. The van der Waals surface area contributed by atoms with E-state index >= 15 is 0 Å². The lowest BCUT2D eigenvalue weighted by Crippen LogP contribution is -2.20. The van der Waals surface area contributed by atoms with Crippen LogP contribution in [0.1, 0.15) is 22.8 Å². The van der Waals surface area contributed by atoms with Crippen LogP contribution in [0, 0.1) is 0 Å². The molecule has 0 unspecified atom stereocenters. The highest BCUT2D eigenvalue weighted by molar-refractivity contribution is 6.08. The lowest BCUT2D eigenvalue weighted by molar-refractivity contribution is 0.0963. The van der Waals surface area contributed by atoms with Crippen molar-refractivity contribution in [2.24, 2.45) is 0 Å². The quantitative estimate of drug-likeness (QED) is 0.681. The van der Waals surface area contributed by atoms with E-state index in [0.29, 0.717) is 18.8 Å². The molecule has 0 radical (unpaired) electrons. The highest BCUT2D eigenvalue weighted by atomic mass is 16.5. The Labute approximate surface area is 83.2 Å². The Morgan fingerprint density at radius 3 is 3.00 bits per heavy atom. The topological polar surface area (TPSA) is 26.3 Å². The number of ether oxygens (including phenoxy) is 1. The van der Waals surface area contributed by atoms with Gasteiger partial charge in [-0.3, -0.25) is 4.79 Å². The first-order chi connectivity index (χ1) is 6.68. The van der Waals surface area contributed by atoms with Crippen molar-refractivity contribution in [1.29, 1.82) is 0 Å². The molecule has 0 N–H and O–H groups in total. The molecule has 72 valence electrons. The summed E-state index contributed by atoms with van der Waals surface area (Å²) < 4.78 is 5.48. The molecule has 1 aromatic rings. The number of carbonyl (C=O) groups excluding carboxylic acids is 1. The maximum atomic E-state index is 11.3. The Bertz CT molecular complexity index is 405. The van der Waals surface area contributed by atoms with Crippen molar-refractivity contribution >= 4 is 5.78 Å². The van der Waals surface area contributed by atoms with E-state index in [1.807, 2.05) is 25.1 Å². The van der Waals surface area contributed by atoms with E-state index in [4.69, 9.17) is 4.74 Å². The molecule has 0 fully saturated rings. The van der Waals surface area contributed by atoms with Crippen molar-refractivity contribution in [3.05, 3.63) is 41.5 Å². The van der Waals surface area contributed by atoms with Gasteiger partial charge in [-0.05, 0) is 24.1 Å². The summed E-state index contributed by atoms with van der Waals surface area (Å²) in [6.45, 7) is 6.13. The molecule has 0 saturated heterocycles. The molecule has 1 aliphatic rings. The third-order valence-electron chi connectivity index (χ3n) is 2.22. The van der Waals surface area contributed by atoms with Crippen LogP contribution in [0.2, 0.25) is 0 Å². The van der Waals surface area contributed by atoms with E-state index in [2.05, 4.69) is 6.58 Å². The zero-order valence-corrected chi connectivity index (χ0v) is 8.17. The predicted molar refractivity (Wildman–Crippen MR) is 54.8 cm³/mol. The molecular weight excluding hydrogens is 176 g/mol. The molecule has 0 bridgehead atoms. The zero-order valence-electron chi connectivity index (χ0n) is 8.17. The van der Waals surface area contributed by atoms with Crippen LogP contribution >= 0.6 is 0 Å². The largest absolute Gasteiger partial charge is 0.489 e. The lowest BCUT2D eigenvalue weighted by atomic mass is 9.86. The fourth-order valence-electron chi connectivity index (χ4n) is 1.52. The van der Waals surface area contributed by atoms with E-state index in [9.17, 15) is 4.79 Å². The molecular formula is C12H12O2. The molecule has 1 aliphatic carbocycles. The normalized spacial score (nSPS) is 13.1. The van der Waals surface area contributed by atoms with Crippen molar-refractivity contribution in [2.45, 2.75) is 13.3 Å². The molecule has 2 heteroatoms. The molecule has 0 aromatic heterocycles. The number of Topliss-reactive ketones (excluding diaryl/α,β-unsaturated/α-hetero) is 1. The van der Waals surface area contributed by atoms with Gasteiger partial charge in [-0.1, -0.05) is 18.7 Å². The van der Waals surface area contributed by atoms with Gasteiger partial charge < -0.3 is 4.74 Å². The first kappa shape index (κ1) is 9.00. The second-order valence-corrected chi connectivity index (χ2v) is 3.64. The second kappa shape index (κ2) is 3.29. The summed E-state index contributed by atoms with van der Waals surface area (Å²) in [6, 6.07) is 5.71. The molecule has 0 heterocycles. The fourth-order valence-corrected chi connectivity index (χ4v) is 1.52. The van der Waals surface area contributed by atoms with E-state index in [1.165, 1.54) is 0 Å². The number of ketones is 1. The number of benzene rings is 1. The smallest absolute Gasteiger partial charge is 0.171 e.